The molecule has 2 aromatic heterocycles. The maximum absolute atomic E-state index is 12.0. The summed E-state index contributed by atoms with van der Waals surface area (Å²) in [6.07, 6.45) is 4.76. The molecule has 0 aromatic carbocycles. The van der Waals surface area contributed by atoms with Crippen LogP contribution in [-0.4, -0.2) is 38.0 Å². The van der Waals surface area contributed by atoms with Crippen molar-refractivity contribution in [2.75, 3.05) is 7.05 Å². The monoisotopic (exact) mass is 231 g/mol. The zero-order valence-corrected chi connectivity index (χ0v) is 9.66. The molecule has 0 aliphatic rings. The number of nitrogens with one attached hydrogen (secondary N) is 1. The van der Waals surface area contributed by atoms with E-state index in [1.807, 2.05) is 19.1 Å². The van der Waals surface area contributed by atoms with Crippen LogP contribution in [0.4, 0.5) is 0 Å². The Balaban J connectivity index is 2.15. The van der Waals surface area contributed by atoms with E-state index in [0.717, 1.165) is 5.56 Å². The predicted molar refractivity (Wildman–Crippen MR) is 61.1 cm³/mol. The summed E-state index contributed by atoms with van der Waals surface area (Å²) in [7, 11) is 1.72. The molecule has 17 heavy (non-hydrogen) atoms. The average molecular weight is 231 g/mol. The van der Waals surface area contributed by atoms with Crippen molar-refractivity contribution < 1.29 is 4.79 Å². The zero-order valence-electron chi connectivity index (χ0n) is 9.66. The van der Waals surface area contributed by atoms with Crippen molar-refractivity contribution in [1.29, 1.82) is 0 Å². The Morgan fingerprint density at radius 3 is 2.94 bits per heavy atom. The van der Waals surface area contributed by atoms with Gasteiger partial charge >= 0.3 is 0 Å². The third-order valence-corrected chi connectivity index (χ3v) is 2.69. The molecule has 0 aliphatic heterocycles. The first-order chi connectivity index (χ1) is 8.20. The van der Waals surface area contributed by atoms with E-state index in [2.05, 4.69) is 20.2 Å². The summed E-state index contributed by atoms with van der Waals surface area (Å²) in [5, 5.41) is 6.22. The Kier molecular flexibility index (Phi) is 3.13. The van der Waals surface area contributed by atoms with Crippen LogP contribution in [0.15, 0.2) is 30.9 Å². The van der Waals surface area contributed by atoms with Crippen LogP contribution in [-0.2, 0) is 0 Å². The molecule has 2 heterocycles. The lowest BCUT2D eigenvalue weighted by atomic mass is 10.1. The Labute approximate surface area is 98.7 Å². The maximum Gasteiger partial charge on any atom is 0.291 e. The summed E-state index contributed by atoms with van der Waals surface area (Å²) < 4.78 is 0. The van der Waals surface area contributed by atoms with Gasteiger partial charge in [0.15, 0.2) is 0 Å². The van der Waals surface area contributed by atoms with Crippen LogP contribution in [0.5, 0.6) is 0 Å². The molecule has 0 saturated heterocycles. The fraction of sp³-hybridized carbons (Fsp3) is 0.273. The number of aromatic nitrogens is 4. The minimum atomic E-state index is -0.196. The van der Waals surface area contributed by atoms with Gasteiger partial charge in [0.2, 0.25) is 5.82 Å². The van der Waals surface area contributed by atoms with E-state index in [1.165, 1.54) is 6.33 Å². The highest BCUT2D eigenvalue weighted by Gasteiger charge is 2.20. The van der Waals surface area contributed by atoms with Crippen LogP contribution in [0.25, 0.3) is 0 Å². The van der Waals surface area contributed by atoms with Gasteiger partial charge in [0.1, 0.15) is 6.33 Å². The first-order valence-electron chi connectivity index (χ1n) is 5.22. The number of hydrogen-bond acceptors (Lipinski definition) is 4. The van der Waals surface area contributed by atoms with Crippen molar-refractivity contribution in [3.63, 3.8) is 0 Å². The largest absolute Gasteiger partial charge is 0.332 e. The van der Waals surface area contributed by atoms with E-state index in [4.69, 9.17) is 0 Å². The minimum absolute atomic E-state index is 0.0682. The summed E-state index contributed by atoms with van der Waals surface area (Å²) in [4.78, 5) is 21.5. The minimum Gasteiger partial charge on any atom is -0.332 e. The predicted octanol–water partition coefficient (Wildman–Crippen LogP) is 1.03. The van der Waals surface area contributed by atoms with E-state index in [9.17, 15) is 4.79 Å². The molecule has 0 radical (unpaired) electrons. The van der Waals surface area contributed by atoms with Gasteiger partial charge in [-0.15, -0.1) is 0 Å². The van der Waals surface area contributed by atoms with E-state index in [0.29, 0.717) is 0 Å². The summed E-state index contributed by atoms with van der Waals surface area (Å²) in [6, 6.07) is 3.71. The molecule has 0 bridgehead atoms. The molecule has 0 spiro atoms. The molecule has 1 amide bonds. The van der Waals surface area contributed by atoms with Crippen LogP contribution in [0.1, 0.15) is 29.1 Å². The molecule has 88 valence electrons. The van der Waals surface area contributed by atoms with E-state index < -0.39 is 0 Å². The number of H-pyrrole nitrogens is 1. The average Bonchev–Trinajstić information content (AvgIpc) is 2.91. The lowest BCUT2D eigenvalue weighted by Crippen LogP contribution is -2.30. The first-order valence-corrected chi connectivity index (χ1v) is 5.22. The number of nitrogens with zero attached hydrogens (tertiary/aromatic N) is 4. The molecule has 6 heteroatoms. The fourth-order valence-corrected chi connectivity index (χ4v) is 1.50. The quantitative estimate of drug-likeness (QED) is 0.856. The van der Waals surface area contributed by atoms with Crippen LogP contribution < -0.4 is 0 Å². The van der Waals surface area contributed by atoms with Crippen molar-refractivity contribution in [3.05, 3.63) is 42.2 Å². The van der Waals surface area contributed by atoms with Gasteiger partial charge in [-0.2, -0.15) is 5.10 Å². The highest BCUT2D eigenvalue weighted by Crippen LogP contribution is 2.18. The van der Waals surface area contributed by atoms with Crippen molar-refractivity contribution in [3.8, 4) is 0 Å². The number of amides is 1. The lowest BCUT2D eigenvalue weighted by Gasteiger charge is -2.23. The summed E-state index contributed by atoms with van der Waals surface area (Å²) >= 11 is 0. The van der Waals surface area contributed by atoms with Gasteiger partial charge in [-0.3, -0.25) is 14.9 Å². The molecule has 6 nitrogen and oxygen atoms in total. The molecule has 2 rings (SSSR count). The third-order valence-electron chi connectivity index (χ3n) is 2.69. The molecule has 1 atom stereocenters. The molecule has 0 aliphatic carbocycles. The van der Waals surface area contributed by atoms with Crippen molar-refractivity contribution in [2.45, 2.75) is 13.0 Å². The number of aromatic amines is 1. The van der Waals surface area contributed by atoms with Gasteiger partial charge in [0.05, 0.1) is 6.04 Å². The van der Waals surface area contributed by atoms with Gasteiger partial charge in [-0.1, -0.05) is 6.07 Å². The van der Waals surface area contributed by atoms with Crippen molar-refractivity contribution in [1.82, 2.24) is 25.1 Å². The summed E-state index contributed by atoms with van der Waals surface area (Å²) in [5.41, 5.74) is 0.975. The van der Waals surface area contributed by atoms with E-state index >= 15 is 0 Å². The Morgan fingerprint density at radius 2 is 2.35 bits per heavy atom. The second-order valence-electron chi connectivity index (χ2n) is 3.71. The van der Waals surface area contributed by atoms with Crippen LogP contribution in [0.3, 0.4) is 0 Å². The topological polar surface area (TPSA) is 74.8 Å². The third kappa shape index (κ3) is 2.30. The zero-order chi connectivity index (χ0) is 12.3. The second-order valence-corrected chi connectivity index (χ2v) is 3.71. The normalized spacial score (nSPS) is 12.1. The van der Waals surface area contributed by atoms with Crippen LogP contribution in [0, 0.1) is 0 Å². The van der Waals surface area contributed by atoms with Gasteiger partial charge in [-0.05, 0) is 18.6 Å². The molecule has 1 N–H and O–H groups in total. The smallest absolute Gasteiger partial charge is 0.291 e. The van der Waals surface area contributed by atoms with E-state index in [-0.39, 0.29) is 17.8 Å². The Hall–Kier alpha value is -2.24. The molecule has 1 unspecified atom stereocenters. The molecule has 0 fully saturated rings. The van der Waals surface area contributed by atoms with Gasteiger partial charge in [0, 0.05) is 19.4 Å². The van der Waals surface area contributed by atoms with Crippen molar-refractivity contribution in [2.24, 2.45) is 0 Å². The van der Waals surface area contributed by atoms with Gasteiger partial charge in [0.25, 0.3) is 5.91 Å². The van der Waals surface area contributed by atoms with Crippen LogP contribution >= 0.6 is 0 Å². The highest BCUT2D eigenvalue weighted by molar-refractivity contribution is 5.90. The SMILES string of the molecule is CC(c1cccnc1)N(C)C(=O)c1ncn[nH]1. The fourth-order valence-electron chi connectivity index (χ4n) is 1.50. The van der Waals surface area contributed by atoms with E-state index in [1.54, 1.807) is 24.3 Å². The maximum atomic E-state index is 12.0. The molecule has 2 aromatic rings. The molecular formula is C11H13N5O. The summed E-state index contributed by atoms with van der Waals surface area (Å²) in [5.74, 6) is 0.0436. The second kappa shape index (κ2) is 4.73. The van der Waals surface area contributed by atoms with Gasteiger partial charge < -0.3 is 4.90 Å². The summed E-state index contributed by atoms with van der Waals surface area (Å²) in [6.45, 7) is 1.94. The highest BCUT2D eigenvalue weighted by atomic mass is 16.2. The van der Waals surface area contributed by atoms with Crippen molar-refractivity contribution >= 4 is 5.91 Å². The Bertz CT molecular complexity index is 482. The molecule has 0 saturated carbocycles. The number of rotatable bonds is 3. The molecular weight excluding hydrogens is 218 g/mol. The number of pyridine rings is 1. The number of carbonyl (C=O) groups is 1. The Morgan fingerprint density at radius 1 is 1.53 bits per heavy atom. The number of carbonyl (C=O) groups excluding carboxylic acids is 1. The van der Waals surface area contributed by atoms with Gasteiger partial charge in [-0.25, -0.2) is 4.98 Å². The number of hydrogen-bond donors (Lipinski definition) is 1. The lowest BCUT2D eigenvalue weighted by molar-refractivity contribution is 0.0730. The standard InChI is InChI=1S/C11H13N5O/c1-8(9-4-3-5-12-6-9)16(2)11(17)10-13-7-14-15-10/h3-8H,1-2H3,(H,13,14,15). The first kappa shape index (κ1) is 11.3. The van der Waals surface area contributed by atoms with Crippen LogP contribution in [0.2, 0.25) is 0 Å².